The van der Waals surface area contributed by atoms with Gasteiger partial charge in [0.25, 0.3) is 0 Å². The summed E-state index contributed by atoms with van der Waals surface area (Å²) >= 11 is 5.89. The van der Waals surface area contributed by atoms with Gasteiger partial charge in [-0.2, -0.15) is 0 Å². The SMILES string of the molecule is COc1ccc(N(C)CCC(C)Cl)nc1. The maximum atomic E-state index is 5.89. The number of nitrogens with zero attached hydrogens (tertiary/aromatic N) is 2. The summed E-state index contributed by atoms with van der Waals surface area (Å²) in [6.07, 6.45) is 2.67. The topological polar surface area (TPSA) is 25.4 Å². The summed E-state index contributed by atoms with van der Waals surface area (Å²) in [4.78, 5) is 6.37. The molecule has 15 heavy (non-hydrogen) atoms. The Morgan fingerprint density at radius 2 is 2.27 bits per heavy atom. The predicted molar refractivity (Wildman–Crippen MR) is 64.0 cm³/mol. The molecule has 1 atom stereocenters. The van der Waals surface area contributed by atoms with Gasteiger partial charge in [-0.25, -0.2) is 4.98 Å². The second-order valence-corrected chi connectivity index (χ2v) is 4.29. The summed E-state index contributed by atoms with van der Waals surface area (Å²) in [5.41, 5.74) is 0. The Hall–Kier alpha value is -0.960. The Morgan fingerprint density at radius 3 is 2.73 bits per heavy atom. The van der Waals surface area contributed by atoms with E-state index in [1.807, 2.05) is 26.1 Å². The van der Waals surface area contributed by atoms with Crippen LogP contribution in [0, 0.1) is 0 Å². The van der Waals surface area contributed by atoms with E-state index < -0.39 is 0 Å². The minimum Gasteiger partial charge on any atom is -0.495 e. The first-order valence-corrected chi connectivity index (χ1v) is 5.42. The average molecular weight is 229 g/mol. The van der Waals surface area contributed by atoms with Crippen LogP contribution in [0.25, 0.3) is 0 Å². The maximum Gasteiger partial charge on any atom is 0.137 e. The lowest BCUT2D eigenvalue weighted by Crippen LogP contribution is -2.21. The summed E-state index contributed by atoms with van der Waals surface area (Å²) in [6.45, 7) is 2.90. The number of hydrogen-bond donors (Lipinski definition) is 0. The lowest BCUT2D eigenvalue weighted by atomic mass is 10.3. The lowest BCUT2D eigenvalue weighted by Gasteiger charge is -2.18. The zero-order chi connectivity index (χ0) is 11.3. The van der Waals surface area contributed by atoms with E-state index in [0.29, 0.717) is 0 Å². The molecule has 0 amide bonds. The van der Waals surface area contributed by atoms with Crippen LogP contribution in [-0.4, -0.2) is 31.1 Å². The highest BCUT2D eigenvalue weighted by Crippen LogP contribution is 2.15. The van der Waals surface area contributed by atoms with Crippen LogP contribution in [-0.2, 0) is 0 Å². The van der Waals surface area contributed by atoms with Crippen LogP contribution >= 0.6 is 11.6 Å². The van der Waals surface area contributed by atoms with Crippen molar-refractivity contribution in [3.05, 3.63) is 18.3 Å². The van der Waals surface area contributed by atoms with Crippen LogP contribution in [0.2, 0.25) is 0 Å². The van der Waals surface area contributed by atoms with E-state index in [4.69, 9.17) is 16.3 Å². The fourth-order valence-electron chi connectivity index (χ4n) is 1.21. The molecule has 84 valence electrons. The number of aromatic nitrogens is 1. The van der Waals surface area contributed by atoms with Gasteiger partial charge in [-0.15, -0.1) is 11.6 Å². The average Bonchev–Trinajstić information content (AvgIpc) is 2.26. The van der Waals surface area contributed by atoms with Gasteiger partial charge in [-0.3, -0.25) is 0 Å². The summed E-state index contributed by atoms with van der Waals surface area (Å²) in [5.74, 6) is 1.71. The molecule has 1 aromatic rings. The van der Waals surface area contributed by atoms with E-state index in [2.05, 4.69) is 9.88 Å². The second-order valence-electron chi connectivity index (χ2n) is 3.55. The number of hydrogen-bond acceptors (Lipinski definition) is 3. The van der Waals surface area contributed by atoms with Gasteiger partial charge in [0.15, 0.2) is 0 Å². The number of alkyl halides is 1. The van der Waals surface area contributed by atoms with Crippen molar-refractivity contribution < 1.29 is 4.74 Å². The van der Waals surface area contributed by atoms with Crippen LogP contribution in [0.4, 0.5) is 5.82 Å². The lowest BCUT2D eigenvalue weighted by molar-refractivity contribution is 0.413. The molecule has 0 radical (unpaired) electrons. The van der Waals surface area contributed by atoms with E-state index in [-0.39, 0.29) is 5.38 Å². The van der Waals surface area contributed by atoms with Crippen molar-refractivity contribution in [3.8, 4) is 5.75 Å². The minimum atomic E-state index is 0.200. The maximum absolute atomic E-state index is 5.89. The molecule has 1 unspecified atom stereocenters. The molecule has 0 saturated heterocycles. The first-order chi connectivity index (χ1) is 7.13. The first kappa shape index (κ1) is 12.1. The van der Waals surface area contributed by atoms with E-state index in [9.17, 15) is 0 Å². The Balaban J connectivity index is 2.54. The third-order valence-corrected chi connectivity index (χ3v) is 2.43. The monoisotopic (exact) mass is 228 g/mol. The molecule has 3 nitrogen and oxygen atoms in total. The molecule has 0 fully saturated rings. The molecule has 1 aromatic heterocycles. The first-order valence-electron chi connectivity index (χ1n) is 4.98. The molecular weight excluding hydrogens is 212 g/mol. The Kier molecular flexibility index (Phi) is 4.69. The number of pyridine rings is 1. The Morgan fingerprint density at radius 1 is 1.53 bits per heavy atom. The number of ether oxygens (including phenoxy) is 1. The molecule has 0 bridgehead atoms. The van der Waals surface area contributed by atoms with Crippen LogP contribution in [0.15, 0.2) is 18.3 Å². The third-order valence-electron chi connectivity index (χ3n) is 2.21. The van der Waals surface area contributed by atoms with Crippen molar-refractivity contribution in [2.24, 2.45) is 0 Å². The van der Waals surface area contributed by atoms with Crippen LogP contribution < -0.4 is 9.64 Å². The molecule has 0 aliphatic carbocycles. The number of halogens is 1. The predicted octanol–water partition coefficient (Wildman–Crippen LogP) is 2.54. The smallest absolute Gasteiger partial charge is 0.137 e. The molecule has 1 heterocycles. The molecular formula is C11H17ClN2O. The zero-order valence-electron chi connectivity index (χ0n) is 9.40. The Labute approximate surface area is 96.0 Å². The minimum absolute atomic E-state index is 0.200. The molecule has 0 aliphatic heterocycles. The fourth-order valence-corrected chi connectivity index (χ4v) is 1.30. The molecule has 1 rings (SSSR count). The van der Waals surface area contributed by atoms with E-state index >= 15 is 0 Å². The molecule has 4 heteroatoms. The van der Waals surface area contributed by atoms with Crippen LogP contribution in [0.1, 0.15) is 13.3 Å². The summed E-state index contributed by atoms with van der Waals surface area (Å²) in [5, 5.41) is 0.200. The highest BCUT2D eigenvalue weighted by Gasteiger charge is 2.04. The molecule has 0 saturated carbocycles. The quantitative estimate of drug-likeness (QED) is 0.725. The third kappa shape index (κ3) is 3.96. The molecule has 0 aromatic carbocycles. The summed E-state index contributed by atoms with van der Waals surface area (Å²) in [6, 6.07) is 3.85. The number of methoxy groups -OCH3 is 1. The van der Waals surface area contributed by atoms with Gasteiger partial charge >= 0.3 is 0 Å². The van der Waals surface area contributed by atoms with Crippen LogP contribution in [0.3, 0.4) is 0 Å². The normalized spacial score (nSPS) is 12.3. The van der Waals surface area contributed by atoms with E-state index in [1.54, 1.807) is 13.3 Å². The van der Waals surface area contributed by atoms with Crippen molar-refractivity contribution in [3.63, 3.8) is 0 Å². The zero-order valence-corrected chi connectivity index (χ0v) is 10.2. The fraction of sp³-hybridized carbons (Fsp3) is 0.545. The van der Waals surface area contributed by atoms with Gasteiger partial charge < -0.3 is 9.64 Å². The largest absolute Gasteiger partial charge is 0.495 e. The van der Waals surface area contributed by atoms with Crippen molar-refractivity contribution in [2.75, 3.05) is 25.6 Å². The molecule has 0 N–H and O–H groups in total. The van der Waals surface area contributed by atoms with Gasteiger partial charge in [-0.05, 0) is 25.5 Å². The Bertz CT molecular complexity index is 287. The van der Waals surface area contributed by atoms with E-state index in [1.165, 1.54) is 0 Å². The molecule has 0 aliphatic rings. The summed E-state index contributed by atoms with van der Waals surface area (Å²) in [7, 11) is 3.64. The van der Waals surface area contributed by atoms with Gasteiger partial charge in [-0.1, -0.05) is 0 Å². The summed E-state index contributed by atoms with van der Waals surface area (Å²) < 4.78 is 5.04. The molecule has 0 spiro atoms. The van der Waals surface area contributed by atoms with Crippen molar-refractivity contribution in [2.45, 2.75) is 18.7 Å². The second kappa shape index (κ2) is 5.81. The van der Waals surface area contributed by atoms with Gasteiger partial charge in [0, 0.05) is 19.0 Å². The van der Waals surface area contributed by atoms with Crippen molar-refractivity contribution in [1.82, 2.24) is 4.98 Å². The van der Waals surface area contributed by atoms with E-state index in [0.717, 1.165) is 24.5 Å². The van der Waals surface area contributed by atoms with Crippen molar-refractivity contribution in [1.29, 1.82) is 0 Å². The standard InChI is InChI=1S/C11H17ClN2O/c1-9(12)6-7-14(2)11-5-4-10(15-3)8-13-11/h4-5,8-9H,6-7H2,1-3H3. The number of anilines is 1. The van der Waals surface area contributed by atoms with Gasteiger partial charge in [0.05, 0.1) is 13.3 Å². The highest BCUT2D eigenvalue weighted by atomic mass is 35.5. The van der Waals surface area contributed by atoms with Gasteiger partial charge in [0.2, 0.25) is 0 Å². The van der Waals surface area contributed by atoms with Crippen LogP contribution in [0.5, 0.6) is 5.75 Å². The van der Waals surface area contributed by atoms with Crippen molar-refractivity contribution >= 4 is 17.4 Å². The van der Waals surface area contributed by atoms with Gasteiger partial charge in [0.1, 0.15) is 11.6 Å². The number of rotatable bonds is 5. The highest BCUT2D eigenvalue weighted by molar-refractivity contribution is 6.20.